The molecule has 0 aromatic heterocycles. The van der Waals surface area contributed by atoms with Crippen molar-refractivity contribution in [2.45, 2.75) is 0 Å². The zero-order valence-electron chi connectivity index (χ0n) is 11.2. The number of hydrogen-bond donors (Lipinski definition) is 1. The summed E-state index contributed by atoms with van der Waals surface area (Å²) in [5, 5.41) is 3.37. The molecule has 0 aliphatic rings. The Balaban J connectivity index is 1.91. The first-order valence-corrected chi connectivity index (χ1v) is 6.86. The number of methoxy groups -OCH3 is 1. The summed E-state index contributed by atoms with van der Waals surface area (Å²) in [5.41, 5.74) is 0.654. The monoisotopic (exact) mass is 325 g/mol. The van der Waals surface area contributed by atoms with Gasteiger partial charge in [0, 0.05) is 5.69 Å². The molecular weight excluding hydrogens is 313 g/mol. The number of amides is 1. The van der Waals surface area contributed by atoms with E-state index in [9.17, 15) is 4.79 Å². The highest BCUT2D eigenvalue weighted by molar-refractivity contribution is 6.42. The summed E-state index contributed by atoms with van der Waals surface area (Å²) in [6.07, 6.45) is 0. The van der Waals surface area contributed by atoms with Crippen LogP contribution in [0.5, 0.6) is 11.5 Å². The molecule has 0 aliphatic carbocycles. The fourth-order valence-corrected chi connectivity index (χ4v) is 1.96. The Morgan fingerprint density at radius 1 is 1.14 bits per heavy atom. The predicted molar refractivity (Wildman–Crippen MR) is 83.6 cm³/mol. The summed E-state index contributed by atoms with van der Waals surface area (Å²) in [6.45, 7) is -0.161. The minimum Gasteiger partial charge on any atom is -0.497 e. The van der Waals surface area contributed by atoms with E-state index in [1.165, 1.54) is 0 Å². The molecule has 0 atom stereocenters. The summed E-state index contributed by atoms with van der Waals surface area (Å²) in [6, 6.07) is 12.0. The molecule has 21 heavy (non-hydrogen) atoms. The van der Waals surface area contributed by atoms with E-state index in [1.807, 2.05) is 0 Å². The van der Waals surface area contributed by atoms with Gasteiger partial charge in [-0.25, -0.2) is 0 Å². The average molecular weight is 326 g/mol. The molecule has 2 aromatic carbocycles. The molecule has 1 N–H and O–H groups in total. The van der Waals surface area contributed by atoms with Crippen molar-refractivity contribution in [2.24, 2.45) is 0 Å². The first kappa shape index (κ1) is 15.5. The number of rotatable bonds is 5. The van der Waals surface area contributed by atoms with Crippen LogP contribution in [0.4, 0.5) is 5.69 Å². The number of anilines is 1. The lowest BCUT2D eigenvalue weighted by Crippen LogP contribution is -2.20. The van der Waals surface area contributed by atoms with Crippen LogP contribution in [0.1, 0.15) is 0 Å². The Kier molecular flexibility index (Phi) is 5.31. The van der Waals surface area contributed by atoms with E-state index in [0.717, 1.165) is 5.75 Å². The summed E-state index contributed by atoms with van der Waals surface area (Å²) in [5.74, 6) is 0.792. The van der Waals surface area contributed by atoms with Gasteiger partial charge in [0.1, 0.15) is 16.5 Å². The van der Waals surface area contributed by atoms with Crippen LogP contribution < -0.4 is 14.8 Å². The molecule has 0 aliphatic heterocycles. The van der Waals surface area contributed by atoms with Crippen LogP contribution >= 0.6 is 23.2 Å². The van der Waals surface area contributed by atoms with E-state index in [4.69, 9.17) is 32.7 Å². The minimum absolute atomic E-state index is 0.161. The molecule has 1 amide bonds. The van der Waals surface area contributed by atoms with Crippen molar-refractivity contribution >= 4 is 34.8 Å². The second-order valence-corrected chi connectivity index (χ2v) is 4.90. The Morgan fingerprint density at radius 2 is 1.86 bits per heavy atom. The topological polar surface area (TPSA) is 47.6 Å². The van der Waals surface area contributed by atoms with E-state index in [1.54, 1.807) is 49.6 Å². The SMILES string of the molecule is COc1ccc(NC(=O)COc2cccc(Cl)c2Cl)cc1. The molecular formula is C15H13Cl2NO3. The van der Waals surface area contributed by atoms with Crippen LogP contribution in [-0.4, -0.2) is 19.6 Å². The van der Waals surface area contributed by atoms with Gasteiger partial charge in [-0.3, -0.25) is 4.79 Å². The summed E-state index contributed by atoms with van der Waals surface area (Å²) >= 11 is 11.8. The lowest BCUT2D eigenvalue weighted by Gasteiger charge is -2.09. The highest BCUT2D eigenvalue weighted by Crippen LogP contribution is 2.31. The summed E-state index contributed by atoms with van der Waals surface area (Å²) in [7, 11) is 1.58. The Labute approximate surface area is 132 Å². The van der Waals surface area contributed by atoms with Crippen LogP contribution in [0, 0.1) is 0 Å². The number of hydrogen-bond acceptors (Lipinski definition) is 3. The van der Waals surface area contributed by atoms with Crippen LogP contribution in [-0.2, 0) is 4.79 Å². The Hall–Kier alpha value is -1.91. The molecule has 2 aromatic rings. The van der Waals surface area contributed by atoms with E-state index >= 15 is 0 Å². The minimum atomic E-state index is -0.295. The molecule has 0 fully saturated rings. The highest BCUT2D eigenvalue weighted by Gasteiger charge is 2.08. The zero-order chi connectivity index (χ0) is 15.2. The Morgan fingerprint density at radius 3 is 2.52 bits per heavy atom. The molecule has 110 valence electrons. The van der Waals surface area contributed by atoms with Gasteiger partial charge >= 0.3 is 0 Å². The number of nitrogens with one attached hydrogen (secondary N) is 1. The van der Waals surface area contributed by atoms with Gasteiger partial charge in [-0.2, -0.15) is 0 Å². The lowest BCUT2D eigenvalue weighted by molar-refractivity contribution is -0.118. The van der Waals surface area contributed by atoms with Gasteiger partial charge in [0.05, 0.1) is 12.1 Å². The molecule has 6 heteroatoms. The van der Waals surface area contributed by atoms with Crippen molar-refractivity contribution in [3.63, 3.8) is 0 Å². The number of ether oxygens (including phenoxy) is 2. The van der Waals surface area contributed by atoms with Gasteiger partial charge < -0.3 is 14.8 Å². The van der Waals surface area contributed by atoms with E-state index < -0.39 is 0 Å². The quantitative estimate of drug-likeness (QED) is 0.903. The zero-order valence-corrected chi connectivity index (χ0v) is 12.7. The molecule has 0 spiro atoms. The van der Waals surface area contributed by atoms with Gasteiger partial charge in [-0.05, 0) is 36.4 Å². The maximum atomic E-state index is 11.8. The largest absolute Gasteiger partial charge is 0.497 e. The standard InChI is InChI=1S/C15H13Cl2NO3/c1-20-11-7-5-10(6-8-11)18-14(19)9-21-13-4-2-3-12(16)15(13)17/h2-8H,9H2,1H3,(H,18,19). The fraction of sp³-hybridized carbons (Fsp3) is 0.133. The van der Waals surface area contributed by atoms with Gasteiger partial charge in [0.25, 0.3) is 5.91 Å². The molecule has 0 radical (unpaired) electrons. The summed E-state index contributed by atoms with van der Waals surface area (Å²) in [4.78, 5) is 11.8. The second kappa shape index (κ2) is 7.20. The molecule has 0 unspecified atom stereocenters. The van der Waals surface area contributed by atoms with Crippen molar-refractivity contribution in [1.29, 1.82) is 0 Å². The molecule has 0 saturated carbocycles. The summed E-state index contributed by atoms with van der Waals surface area (Å²) < 4.78 is 10.4. The lowest BCUT2D eigenvalue weighted by atomic mass is 10.3. The third-order valence-electron chi connectivity index (χ3n) is 2.65. The molecule has 4 nitrogen and oxygen atoms in total. The van der Waals surface area contributed by atoms with Gasteiger partial charge in [0.15, 0.2) is 6.61 Å². The number of carbonyl (C=O) groups excluding carboxylic acids is 1. The van der Waals surface area contributed by atoms with Crippen molar-refractivity contribution in [3.05, 3.63) is 52.5 Å². The molecule has 0 heterocycles. The third-order valence-corrected chi connectivity index (χ3v) is 3.45. The Bertz CT molecular complexity index is 629. The van der Waals surface area contributed by atoms with Crippen molar-refractivity contribution in [2.75, 3.05) is 19.0 Å². The maximum absolute atomic E-state index is 11.8. The highest BCUT2D eigenvalue weighted by atomic mass is 35.5. The number of halogens is 2. The van der Waals surface area contributed by atoms with Gasteiger partial charge in [0.2, 0.25) is 0 Å². The predicted octanol–water partition coefficient (Wildman–Crippen LogP) is 4.02. The number of benzene rings is 2. The first-order chi connectivity index (χ1) is 10.1. The third kappa shape index (κ3) is 4.28. The molecule has 2 rings (SSSR count). The van der Waals surface area contributed by atoms with Crippen molar-refractivity contribution < 1.29 is 14.3 Å². The van der Waals surface area contributed by atoms with Crippen molar-refractivity contribution in [3.8, 4) is 11.5 Å². The van der Waals surface area contributed by atoms with Crippen LogP contribution in [0.3, 0.4) is 0 Å². The fourth-order valence-electron chi connectivity index (χ4n) is 1.61. The average Bonchev–Trinajstić information content (AvgIpc) is 2.49. The van der Waals surface area contributed by atoms with Crippen molar-refractivity contribution in [1.82, 2.24) is 0 Å². The van der Waals surface area contributed by atoms with Gasteiger partial charge in [-0.15, -0.1) is 0 Å². The molecule has 0 saturated heterocycles. The van der Waals surface area contributed by atoms with E-state index in [0.29, 0.717) is 16.5 Å². The first-order valence-electron chi connectivity index (χ1n) is 6.11. The van der Waals surface area contributed by atoms with Crippen LogP contribution in [0.15, 0.2) is 42.5 Å². The maximum Gasteiger partial charge on any atom is 0.262 e. The second-order valence-electron chi connectivity index (χ2n) is 4.12. The van der Waals surface area contributed by atoms with Crippen LogP contribution in [0.25, 0.3) is 0 Å². The van der Waals surface area contributed by atoms with E-state index in [2.05, 4.69) is 5.32 Å². The van der Waals surface area contributed by atoms with Crippen LogP contribution in [0.2, 0.25) is 10.0 Å². The van der Waals surface area contributed by atoms with E-state index in [-0.39, 0.29) is 17.5 Å². The normalized spacial score (nSPS) is 10.0. The smallest absolute Gasteiger partial charge is 0.262 e. The molecule has 0 bridgehead atoms. The number of carbonyl (C=O) groups is 1. The van der Waals surface area contributed by atoms with Gasteiger partial charge in [-0.1, -0.05) is 29.3 Å².